The average Bonchev–Trinajstić information content (AvgIpc) is 2.71. The highest BCUT2D eigenvalue weighted by Gasteiger charge is 2.11. The number of amides is 1. The van der Waals surface area contributed by atoms with Gasteiger partial charge in [-0.2, -0.15) is 0 Å². The number of aryl methyl sites for hydroxylation is 1. The number of rotatable bonds is 4. The lowest BCUT2D eigenvalue weighted by Gasteiger charge is -2.05. The van der Waals surface area contributed by atoms with Crippen LogP contribution in [0.1, 0.15) is 5.82 Å². The number of nitrogens with zero attached hydrogens (tertiary/aromatic N) is 3. The zero-order valence-corrected chi connectivity index (χ0v) is 10.4. The Hall–Kier alpha value is -2.97. The van der Waals surface area contributed by atoms with Crippen LogP contribution < -0.4 is 11.1 Å². The van der Waals surface area contributed by atoms with Gasteiger partial charge in [0.1, 0.15) is 6.54 Å². The van der Waals surface area contributed by atoms with Gasteiger partial charge >= 0.3 is 5.76 Å². The second-order valence-electron chi connectivity index (χ2n) is 3.93. The molecule has 2 aromatic rings. The van der Waals surface area contributed by atoms with Crippen molar-refractivity contribution in [3.05, 3.63) is 50.8 Å². The molecule has 0 saturated carbocycles. The second kappa shape index (κ2) is 5.34. The molecule has 0 radical (unpaired) electrons. The molecule has 0 atom stereocenters. The van der Waals surface area contributed by atoms with Crippen LogP contribution in [-0.2, 0) is 11.3 Å². The molecule has 0 spiro atoms. The van der Waals surface area contributed by atoms with Gasteiger partial charge < -0.3 is 5.32 Å². The largest absolute Gasteiger partial charge is 0.442 e. The lowest BCUT2D eigenvalue weighted by Crippen LogP contribution is -2.25. The van der Waals surface area contributed by atoms with Gasteiger partial charge in [-0.1, -0.05) is 5.16 Å². The van der Waals surface area contributed by atoms with E-state index in [1.54, 1.807) is 0 Å². The molecule has 0 unspecified atom stereocenters. The highest BCUT2D eigenvalue weighted by molar-refractivity contribution is 5.90. The topological polar surface area (TPSA) is 120 Å². The minimum Gasteiger partial charge on any atom is -0.325 e. The molecule has 0 aliphatic carbocycles. The highest BCUT2D eigenvalue weighted by Crippen LogP contribution is 2.15. The van der Waals surface area contributed by atoms with Gasteiger partial charge in [0.05, 0.1) is 4.92 Å². The van der Waals surface area contributed by atoms with Crippen molar-refractivity contribution in [3.63, 3.8) is 0 Å². The summed E-state index contributed by atoms with van der Waals surface area (Å²) in [5.41, 5.74) is 0.317. The third-order valence-corrected chi connectivity index (χ3v) is 2.53. The Balaban J connectivity index is 2.05. The molecule has 20 heavy (non-hydrogen) atoms. The van der Waals surface area contributed by atoms with E-state index in [9.17, 15) is 19.7 Å². The monoisotopic (exact) mass is 278 g/mol. The van der Waals surface area contributed by atoms with Gasteiger partial charge in [0, 0.05) is 17.8 Å². The minimum atomic E-state index is -0.721. The second-order valence-corrected chi connectivity index (χ2v) is 3.93. The maximum atomic E-state index is 11.7. The lowest BCUT2D eigenvalue weighted by molar-refractivity contribution is -0.384. The molecule has 0 aliphatic rings. The van der Waals surface area contributed by atoms with Crippen LogP contribution in [0.15, 0.2) is 33.6 Å². The number of nitrogens with one attached hydrogen (secondary N) is 1. The molecule has 1 heterocycles. The van der Waals surface area contributed by atoms with Crippen molar-refractivity contribution in [2.45, 2.75) is 13.5 Å². The van der Waals surface area contributed by atoms with E-state index in [0.29, 0.717) is 5.69 Å². The molecule has 1 N–H and O–H groups in total. The summed E-state index contributed by atoms with van der Waals surface area (Å²) >= 11 is 0. The van der Waals surface area contributed by atoms with Gasteiger partial charge in [-0.05, 0) is 19.1 Å². The summed E-state index contributed by atoms with van der Waals surface area (Å²) in [6.45, 7) is 1.29. The van der Waals surface area contributed by atoms with Crippen molar-refractivity contribution < 1.29 is 14.2 Å². The van der Waals surface area contributed by atoms with Crippen LogP contribution in [-0.4, -0.2) is 20.6 Å². The van der Waals surface area contributed by atoms with Crippen LogP contribution in [0.3, 0.4) is 0 Å². The van der Waals surface area contributed by atoms with Crippen molar-refractivity contribution in [1.29, 1.82) is 0 Å². The van der Waals surface area contributed by atoms with Gasteiger partial charge in [-0.3, -0.25) is 24.0 Å². The van der Waals surface area contributed by atoms with Crippen LogP contribution in [0.5, 0.6) is 0 Å². The number of benzene rings is 1. The van der Waals surface area contributed by atoms with Crippen LogP contribution in [0.4, 0.5) is 11.4 Å². The fraction of sp³-hybridized carbons (Fsp3) is 0.182. The number of carbonyl (C=O) groups is 1. The first-order valence-electron chi connectivity index (χ1n) is 5.55. The Bertz CT molecular complexity index is 700. The number of hydrogen-bond acceptors (Lipinski definition) is 6. The summed E-state index contributed by atoms with van der Waals surface area (Å²) in [7, 11) is 0. The normalized spacial score (nSPS) is 10.2. The number of anilines is 1. The van der Waals surface area contributed by atoms with Gasteiger partial charge in [0.25, 0.3) is 5.69 Å². The molecule has 0 saturated heterocycles. The lowest BCUT2D eigenvalue weighted by atomic mass is 10.3. The third kappa shape index (κ3) is 2.88. The summed E-state index contributed by atoms with van der Waals surface area (Å²) < 4.78 is 5.46. The Kier molecular flexibility index (Phi) is 3.60. The van der Waals surface area contributed by atoms with E-state index in [0.717, 1.165) is 4.57 Å². The number of nitro groups is 1. The summed E-state index contributed by atoms with van der Waals surface area (Å²) in [4.78, 5) is 32.9. The molecule has 1 amide bonds. The predicted octanol–water partition coefficient (Wildman–Crippen LogP) is 0.692. The van der Waals surface area contributed by atoms with Gasteiger partial charge in [-0.25, -0.2) is 4.79 Å². The molecule has 0 bridgehead atoms. The van der Waals surface area contributed by atoms with Crippen molar-refractivity contribution in [2.24, 2.45) is 0 Å². The Morgan fingerprint density at radius 2 is 2.10 bits per heavy atom. The SMILES string of the molecule is Cc1noc(=O)n1CC(=O)Nc1ccc([N+](=O)[O-])cc1. The molecule has 104 valence electrons. The van der Waals surface area contributed by atoms with E-state index in [1.165, 1.54) is 31.2 Å². The molecule has 2 rings (SSSR count). The third-order valence-electron chi connectivity index (χ3n) is 2.53. The quantitative estimate of drug-likeness (QED) is 0.648. The first-order chi connectivity index (χ1) is 9.47. The van der Waals surface area contributed by atoms with Crippen molar-refractivity contribution in [1.82, 2.24) is 9.72 Å². The fourth-order valence-electron chi connectivity index (χ4n) is 1.53. The van der Waals surface area contributed by atoms with Gasteiger partial charge in [-0.15, -0.1) is 0 Å². The summed E-state index contributed by atoms with van der Waals surface area (Å²) in [5, 5.41) is 16.4. The van der Waals surface area contributed by atoms with E-state index in [-0.39, 0.29) is 18.1 Å². The van der Waals surface area contributed by atoms with E-state index in [4.69, 9.17) is 0 Å². The molecule has 9 nitrogen and oxygen atoms in total. The highest BCUT2D eigenvalue weighted by atomic mass is 16.6. The number of carbonyl (C=O) groups excluding carboxylic acids is 1. The number of aromatic nitrogens is 2. The standard InChI is InChI=1S/C11H10N4O5/c1-7-13-20-11(17)14(7)6-10(16)12-8-2-4-9(5-3-8)15(18)19/h2-5H,6H2,1H3,(H,12,16). The average molecular weight is 278 g/mol. The summed E-state index contributed by atoms with van der Waals surface area (Å²) in [6.07, 6.45) is 0. The van der Waals surface area contributed by atoms with E-state index in [2.05, 4.69) is 15.0 Å². The Morgan fingerprint density at radius 1 is 1.45 bits per heavy atom. The summed E-state index contributed by atoms with van der Waals surface area (Å²) in [6, 6.07) is 5.34. The van der Waals surface area contributed by atoms with Crippen LogP contribution in [0, 0.1) is 17.0 Å². The molecule has 1 aromatic heterocycles. The smallest absolute Gasteiger partial charge is 0.325 e. The first kappa shape index (κ1) is 13.5. The van der Waals surface area contributed by atoms with Crippen molar-refractivity contribution in [2.75, 3.05) is 5.32 Å². The molecule has 0 fully saturated rings. The van der Waals surface area contributed by atoms with Crippen molar-refractivity contribution in [3.8, 4) is 0 Å². The molecule has 0 aliphatic heterocycles. The van der Waals surface area contributed by atoms with E-state index >= 15 is 0 Å². The maximum absolute atomic E-state index is 11.7. The minimum absolute atomic E-state index is 0.0749. The fourth-order valence-corrected chi connectivity index (χ4v) is 1.53. The van der Waals surface area contributed by atoms with Crippen LogP contribution in [0.25, 0.3) is 0 Å². The zero-order valence-electron chi connectivity index (χ0n) is 10.4. The van der Waals surface area contributed by atoms with Crippen molar-refractivity contribution >= 4 is 17.3 Å². The van der Waals surface area contributed by atoms with E-state index < -0.39 is 16.6 Å². The summed E-state index contributed by atoms with van der Waals surface area (Å²) in [5.74, 6) is -0.901. The molecule has 1 aromatic carbocycles. The molecular formula is C11H10N4O5. The maximum Gasteiger partial charge on any atom is 0.442 e. The zero-order chi connectivity index (χ0) is 14.7. The number of nitro benzene ring substituents is 1. The van der Waals surface area contributed by atoms with Crippen LogP contribution in [0.2, 0.25) is 0 Å². The molecule has 9 heteroatoms. The first-order valence-corrected chi connectivity index (χ1v) is 5.55. The predicted molar refractivity (Wildman–Crippen MR) is 67.2 cm³/mol. The number of non-ortho nitro benzene ring substituents is 1. The Morgan fingerprint density at radius 3 is 2.60 bits per heavy atom. The molecular weight excluding hydrogens is 268 g/mol. The van der Waals surface area contributed by atoms with Crippen LogP contribution >= 0.6 is 0 Å². The Labute approximate surface area is 112 Å². The van der Waals surface area contributed by atoms with Gasteiger partial charge in [0.15, 0.2) is 5.82 Å². The number of hydrogen-bond donors (Lipinski definition) is 1. The van der Waals surface area contributed by atoms with Gasteiger partial charge in [0.2, 0.25) is 5.91 Å². The van der Waals surface area contributed by atoms with E-state index in [1.807, 2.05) is 0 Å².